The molecule has 1 N–H and O–H groups in total. The van der Waals surface area contributed by atoms with Gasteiger partial charge in [-0.25, -0.2) is 0 Å². The zero-order valence-corrected chi connectivity index (χ0v) is 11.0. The van der Waals surface area contributed by atoms with Gasteiger partial charge in [-0.05, 0) is 37.5 Å². The van der Waals surface area contributed by atoms with Gasteiger partial charge in [0, 0.05) is 18.9 Å². The Labute approximate surface area is 110 Å². The minimum Gasteiger partial charge on any atom is -0.481 e. The Morgan fingerprint density at radius 2 is 2.00 bits per heavy atom. The molecule has 0 spiro atoms. The second-order valence-corrected chi connectivity index (χ2v) is 4.78. The van der Waals surface area contributed by atoms with Crippen LogP contribution in [0.1, 0.15) is 29.7 Å². The highest BCUT2D eigenvalue weighted by Gasteiger charge is 2.08. The standard InChI is InChI=1S/C15H16O4/c1-9-6-10(2)15-12(7-9)13(16)8-11(19-15)4-3-5-14(17)18/h6-8H,3-5H2,1-2H3,(H,17,18). The van der Waals surface area contributed by atoms with E-state index in [1.54, 1.807) is 0 Å². The number of rotatable bonds is 4. The monoisotopic (exact) mass is 260 g/mol. The van der Waals surface area contributed by atoms with Crippen LogP contribution in [-0.2, 0) is 11.2 Å². The number of benzene rings is 1. The third-order valence-electron chi connectivity index (χ3n) is 3.02. The van der Waals surface area contributed by atoms with Crippen LogP contribution >= 0.6 is 0 Å². The Kier molecular flexibility index (Phi) is 3.69. The molecule has 0 unspecified atom stereocenters. The number of carboxylic acids is 1. The molecule has 0 amide bonds. The third-order valence-corrected chi connectivity index (χ3v) is 3.02. The van der Waals surface area contributed by atoms with Crippen LogP contribution in [0.5, 0.6) is 0 Å². The minimum atomic E-state index is -0.838. The van der Waals surface area contributed by atoms with Crippen molar-refractivity contribution in [2.75, 3.05) is 0 Å². The quantitative estimate of drug-likeness (QED) is 0.917. The van der Waals surface area contributed by atoms with E-state index in [2.05, 4.69) is 0 Å². The molecule has 0 bridgehead atoms. The average Bonchev–Trinajstić information content (AvgIpc) is 2.30. The van der Waals surface area contributed by atoms with Crippen molar-refractivity contribution in [2.24, 2.45) is 0 Å². The molecular weight excluding hydrogens is 244 g/mol. The largest absolute Gasteiger partial charge is 0.481 e. The van der Waals surface area contributed by atoms with Crippen molar-refractivity contribution in [3.05, 3.63) is 45.3 Å². The molecule has 1 aromatic carbocycles. The van der Waals surface area contributed by atoms with Gasteiger partial charge in [0.1, 0.15) is 11.3 Å². The van der Waals surface area contributed by atoms with Crippen LogP contribution < -0.4 is 5.43 Å². The van der Waals surface area contributed by atoms with Gasteiger partial charge < -0.3 is 9.52 Å². The zero-order chi connectivity index (χ0) is 14.0. The van der Waals surface area contributed by atoms with Crippen LogP contribution in [-0.4, -0.2) is 11.1 Å². The van der Waals surface area contributed by atoms with Crippen LogP contribution in [0.3, 0.4) is 0 Å². The lowest BCUT2D eigenvalue weighted by Gasteiger charge is -2.06. The summed E-state index contributed by atoms with van der Waals surface area (Å²) in [5.41, 5.74) is 2.48. The Morgan fingerprint density at radius 3 is 2.68 bits per heavy atom. The van der Waals surface area contributed by atoms with Crippen molar-refractivity contribution in [2.45, 2.75) is 33.1 Å². The molecule has 4 heteroatoms. The second kappa shape index (κ2) is 5.26. The molecule has 0 saturated carbocycles. The van der Waals surface area contributed by atoms with Gasteiger partial charge in [-0.3, -0.25) is 9.59 Å². The fourth-order valence-corrected chi connectivity index (χ4v) is 2.19. The molecule has 1 aromatic heterocycles. The molecule has 2 rings (SSSR count). The minimum absolute atomic E-state index is 0.0709. The highest BCUT2D eigenvalue weighted by Crippen LogP contribution is 2.19. The van der Waals surface area contributed by atoms with Crippen molar-refractivity contribution < 1.29 is 14.3 Å². The van der Waals surface area contributed by atoms with Crippen molar-refractivity contribution in [3.8, 4) is 0 Å². The van der Waals surface area contributed by atoms with Gasteiger partial charge in [0.2, 0.25) is 0 Å². The molecule has 0 radical (unpaired) electrons. The van der Waals surface area contributed by atoms with Gasteiger partial charge in [0.15, 0.2) is 5.43 Å². The second-order valence-electron chi connectivity index (χ2n) is 4.78. The van der Waals surface area contributed by atoms with E-state index in [4.69, 9.17) is 9.52 Å². The Morgan fingerprint density at radius 1 is 1.26 bits per heavy atom. The molecule has 0 aliphatic carbocycles. The number of aliphatic carboxylic acids is 1. The Bertz CT molecular complexity index is 682. The maximum Gasteiger partial charge on any atom is 0.303 e. The maximum atomic E-state index is 12.0. The van der Waals surface area contributed by atoms with E-state index in [0.717, 1.165) is 11.1 Å². The van der Waals surface area contributed by atoms with Crippen LogP contribution in [0, 0.1) is 13.8 Å². The fraction of sp³-hybridized carbons (Fsp3) is 0.333. The lowest BCUT2D eigenvalue weighted by Crippen LogP contribution is -2.04. The smallest absolute Gasteiger partial charge is 0.303 e. The molecular formula is C15H16O4. The summed E-state index contributed by atoms with van der Waals surface area (Å²) in [5, 5.41) is 9.18. The fourth-order valence-electron chi connectivity index (χ4n) is 2.19. The molecule has 0 fully saturated rings. The van der Waals surface area contributed by atoms with Crippen molar-refractivity contribution in [1.29, 1.82) is 0 Å². The van der Waals surface area contributed by atoms with E-state index in [-0.39, 0.29) is 11.8 Å². The number of hydrogen-bond donors (Lipinski definition) is 1. The lowest BCUT2D eigenvalue weighted by atomic mass is 10.1. The summed E-state index contributed by atoms with van der Waals surface area (Å²) >= 11 is 0. The summed E-state index contributed by atoms with van der Waals surface area (Å²) in [6.07, 6.45) is 1.01. The third kappa shape index (κ3) is 3.02. The highest BCUT2D eigenvalue weighted by atomic mass is 16.4. The lowest BCUT2D eigenvalue weighted by molar-refractivity contribution is -0.137. The van der Waals surface area contributed by atoms with Gasteiger partial charge in [0.05, 0.1) is 5.39 Å². The summed E-state index contributed by atoms with van der Waals surface area (Å²) in [7, 11) is 0. The number of carbonyl (C=O) groups is 1. The van der Waals surface area contributed by atoms with Gasteiger partial charge in [-0.1, -0.05) is 6.07 Å². The first kappa shape index (κ1) is 13.3. The predicted molar refractivity (Wildman–Crippen MR) is 72.5 cm³/mol. The normalized spacial score (nSPS) is 10.8. The van der Waals surface area contributed by atoms with E-state index in [1.165, 1.54) is 6.07 Å². The van der Waals surface area contributed by atoms with Gasteiger partial charge in [0.25, 0.3) is 0 Å². The van der Waals surface area contributed by atoms with Gasteiger partial charge >= 0.3 is 5.97 Å². The first-order valence-corrected chi connectivity index (χ1v) is 6.23. The zero-order valence-electron chi connectivity index (χ0n) is 11.0. The SMILES string of the molecule is Cc1cc(C)c2oc(CCCC(=O)O)cc(=O)c2c1. The first-order chi connectivity index (χ1) is 8.97. The summed E-state index contributed by atoms with van der Waals surface area (Å²) in [4.78, 5) is 22.5. The van der Waals surface area contributed by atoms with E-state index >= 15 is 0 Å². The first-order valence-electron chi connectivity index (χ1n) is 6.23. The molecule has 0 aliphatic rings. The maximum absolute atomic E-state index is 12.0. The molecule has 4 nitrogen and oxygen atoms in total. The van der Waals surface area contributed by atoms with Crippen molar-refractivity contribution in [3.63, 3.8) is 0 Å². The van der Waals surface area contributed by atoms with Gasteiger partial charge in [-0.15, -0.1) is 0 Å². The number of carboxylic acid groups (broad SMARTS) is 1. The molecule has 0 saturated heterocycles. The van der Waals surface area contributed by atoms with Gasteiger partial charge in [-0.2, -0.15) is 0 Å². The molecule has 100 valence electrons. The van der Waals surface area contributed by atoms with Crippen LogP contribution in [0.25, 0.3) is 11.0 Å². The van der Waals surface area contributed by atoms with E-state index in [1.807, 2.05) is 26.0 Å². The molecule has 1 heterocycles. The molecule has 0 aliphatic heterocycles. The van der Waals surface area contributed by atoms with Crippen LogP contribution in [0.4, 0.5) is 0 Å². The molecule has 0 atom stereocenters. The van der Waals surface area contributed by atoms with E-state index in [9.17, 15) is 9.59 Å². The number of fused-ring (bicyclic) bond motifs is 1. The molecule has 2 aromatic rings. The average molecular weight is 260 g/mol. The van der Waals surface area contributed by atoms with Crippen LogP contribution in [0.2, 0.25) is 0 Å². The van der Waals surface area contributed by atoms with Crippen molar-refractivity contribution in [1.82, 2.24) is 0 Å². The van der Waals surface area contributed by atoms with E-state index in [0.29, 0.717) is 29.6 Å². The predicted octanol–water partition coefficient (Wildman–Crippen LogP) is 2.82. The summed E-state index contributed by atoms with van der Waals surface area (Å²) in [5.74, 6) is -0.291. The Balaban J connectivity index is 2.38. The highest BCUT2D eigenvalue weighted by molar-refractivity contribution is 5.80. The van der Waals surface area contributed by atoms with Crippen LogP contribution in [0.15, 0.2) is 27.4 Å². The molecule has 19 heavy (non-hydrogen) atoms. The Hall–Kier alpha value is -2.10. The summed E-state index contributed by atoms with van der Waals surface area (Å²) in [6, 6.07) is 5.24. The number of hydrogen-bond acceptors (Lipinski definition) is 3. The summed E-state index contributed by atoms with van der Waals surface area (Å²) < 4.78 is 5.72. The van der Waals surface area contributed by atoms with E-state index < -0.39 is 5.97 Å². The topological polar surface area (TPSA) is 67.5 Å². The van der Waals surface area contributed by atoms with Crippen molar-refractivity contribution >= 4 is 16.9 Å². The summed E-state index contributed by atoms with van der Waals surface area (Å²) in [6.45, 7) is 3.84. The number of aryl methyl sites for hydroxylation is 3.